The van der Waals surface area contributed by atoms with Gasteiger partial charge in [0.1, 0.15) is 19.8 Å². The summed E-state index contributed by atoms with van der Waals surface area (Å²) < 4.78 is 27.5. The summed E-state index contributed by atoms with van der Waals surface area (Å²) in [7, 11) is 0. The first kappa shape index (κ1) is 49.2. The lowest BCUT2D eigenvalue weighted by molar-refractivity contribution is -0.168. The van der Waals surface area contributed by atoms with Crippen LogP contribution in [0.25, 0.3) is 0 Å². The van der Waals surface area contributed by atoms with Crippen LogP contribution in [0.5, 0.6) is 0 Å². The van der Waals surface area contributed by atoms with Gasteiger partial charge in [0.15, 0.2) is 0 Å². The van der Waals surface area contributed by atoms with Crippen molar-refractivity contribution in [2.75, 3.05) is 39.6 Å². The first-order valence-electron chi connectivity index (χ1n) is 22.8. The summed E-state index contributed by atoms with van der Waals surface area (Å²) >= 11 is 0. The third-order valence-corrected chi connectivity index (χ3v) is 12.0. The molecule has 0 unspecified atom stereocenters. The Labute approximate surface area is 348 Å². The predicted molar refractivity (Wildman–Crippen MR) is 222 cm³/mol. The van der Waals surface area contributed by atoms with E-state index in [1.54, 1.807) is 0 Å². The average molecular weight is 817 g/mol. The molecule has 4 fully saturated rings. The molecule has 0 amide bonds. The van der Waals surface area contributed by atoms with Crippen molar-refractivity contribution in [3.8, 4) is 0 Å². The number of carbonyl (C=O) groups is 5. The average Bonchev–Trinajstić information content (AvgIpc) is 3.19. The first-order valence-corrected chi connectivity index (χ1v) is 22.8. The van der Waals surface area contributed by atoms with Crippen molar-refractivity contribution in [3.05, 3.63) is 24.3 Å². The van der Waals surface area contributed by atoms with Gasteiger partial charge < -0.3 is 28.8 Å². The predicted octanol–water partition coefficient (Wildman–Crippen LogP) is 9.46. The van der Waals surface area contributed by atoms with Crippen molar-refractivity contribution >= 4 is 29.8 Å². The Bertz CT molecular complexity index is 1190. The highest BCUT2D eigenvalue weighted by Gasteiger charge is 2.52. The Kier molecular flexibility index (Phi) is 24.0. The molecule has 4 bridgehead atoms. The molecule has 4 aliphatic carbocycles. The minimum Gasteiger partial charge on any atom is -0.465 e. The molecule has 4 rings (SSSR count). The van der Waals surface area contributed by atoms with Gasteiger partial charge in [0.25, 0.3) is 0 Å². The van der Waals surface area contributed by atoms with Crippen molar-refractivity contribution < 1.29 is 52.8 Å². The van der Waals surface area contributed by atoms with Crippen molar-refractivity contribution in [1.82, 2.24) is 0 Å². The molecule has 0 atom stereocenters. The van der Waals surface area contributed by atoms with E-state index in [1.807, 2.05) is 12.2 Å². The van der Waals surface area contributed by atoms with Crippen LogP contribution >= 0.6 is 0 Å². The van der Waals surface area contributed by atoms with Crippen LogP contribution in [0.1, 0.15) is 174 Å². The van der Waals surface area contributed by atoms with Gasteiger partial charge in [0.05, 0.1) is 31.7 Å². The van der Waals surface area contributed by atoms with Gasteiger partial charge in [-0.05, 0) is 126 Å². The molecule has 0 aromatic carbocycles. The lowest BCUT2D eigenvalue weighted by Gasteiger charge is -2.56. The van der Waals surface area contributed by atoms with Crippen molar-refractivity contribution in [2.24, 2.45) is 28.6 Å². The highest BCUT2D eigenvalue weighted by atomic mass is 16.6. The van der Waals surface area contributed by atoms with Gasteiger partial charge in [-0.15, -0.1) is 0 Å². The summed E-state index contributed by atoms with van der Waals surface area (Å²) in [5.41, 5.74) is -1.37. The summed E-state index contributed by atoms with van der Waals surface area (Å²) in [5.74, 6) is 0.0468. The molecule has 330 valence electrons. The largest absolute Gasteiger partial charge is 0.465 e. The number of carbonyl (C=O) groups excluding carboxylic acids is 5. The Morgan fingerprint density at radius 1 is 0.517 bits per heavy atom. The van der Waals surface area contributed by atoms with Crippen LogP contribution in [-0.4, -0.2) is 74.6 Å². The lowest BCUT2D eigenvalue weighted by Crippen LogP contribution is -2.47. The molecule has 4 saturated carbocycles. The molecule has 11 heteroatoms. The van der Waals surface area contributed by atoms with Crippen LogP contribution in [-0.2, 0) is 47.7 Å². The Morgan fingerprint density at radius 3 is 1.26 bits per heavy atom. The maximum Gasteiger partial charge on any atom is 0.306 e. The van der Waals surface area contributed by atoms with E-state index in [2.05, 4.69) is 26.0 Å². The molecule has 0 aliphatic heterocycles. The molecule has 4 aliphatic rings. The topological polar surface area (TPSA) is 152 Å². The van der Waals surface area contributed by atoms with E-state index in [0.29, 0.717) is 75.9 Å². The maximum atomic E-state index is 13.3. The van der Waals surface area contributed by atoms with E-state index in [0.717, 1.165) is 32.1 Å². The van der Waals surface area contributed by atoms with E-state index in [9.17, 15) is 29.1 Å². The van der Waals surface area contributed by atoms with Crippen LogP contribution in [0.15, 0.2) is 24.3 Å². The number of aliphatic hydroxyl groups excluding tert-OH is 1. The van der Waals surface area contributed by atoms with Crippen molar-refractivity contribution in [1.29, 1.82) is 0 Å². The molecule has 0 saturated heterocycles. The summed E-state index contributed by atoms with van der Waals surface area (Å²) in [5, 5.41) is 10.6. The number of ether oxygens (including phenoxy) is 5. The summed E-state index contributed by atoms with van der Waals surface area (Å²) in [6.07, 6.45) is 28.4. The summed E-state index contributed by atoms with van der Waals surface area (Å²) in [6, 6.07) is 0. The van der Waals surface area contributed by atoms with Crippen LogP contribution in [0.2, 0.25) is 0 Å². The van der Waals surface area contributed by atoms with Gasteiger partial charge in [-0.3, -0.25) is 24.0 Å². The summed E-state index contributed by atoms with van der Waals surface area (Å²) in [4.78, 5) is 63.1. The first-order chi connectivity index (χ1) is 28.1. The van der Waals surface area contributed by atoms with Gasteiger partial charge in [0.2, 0.25) is 0 Å². The molecule has 11 nitrogen and oxygen atoms in total. The van der Waals surface area contributed by atoms with Crippen LogP contribution in [0.4, 0.5) is 0 Å². The minimum absolute atomic E-state index is 0.0264. The van der Waals surface area contributed by atoms with Crippen LogP contribution in [0.3, 0.4) is 0 Å². The molecule has 58 heavy (non-hydrogen) atoms. The number of esters is 5. The van der Waals surface area contributed by atoms with Gasteiger partial charge in [0, 0.05) is 25.7 Å². The Balaban J connectivity index is 1.41. The van der Waals surface area contributed by atoms with Crippen molar-refractivity contribution in [3.63, 3.8) is 0 Å². The smallest absolute Gasteiger partial charge is 0.306 e. The van der Waals surface area contributed by atoms with E-state index >= 15 is 0 Å². The van der Waals surface area contributed by atoms with Gasteiger partial charge in [-0.2, -0.15) is 0 Å². The Morgan fingerprint density at radius 2 is 0.879 bits per heavy atom. The molecular weight excluding hydrogens is 741 g/mol. The Hall–Kier alpha value is -3.21. The molecule has 0 spiro atoms. The molecule has 0 aromatic heterocycles. The summed E-state index contributed by atoms with van der Waals surface area (Å²) in [6.45, 7) is 3.57. The zero-order valence-electron chi connectivity index (χ0n) is 36.0. The highest BCUT2D eigenvalue weighted by molar-refractivity contribution is 5.72. The highest BCUT2D eigenvalue weighted by Crippen LogP contribution is 2.61. The second kappa shape index (κ2) is 28.3. The van der Waals surface area contributed by atoms with Crippen molar-refractivity contribution in [2.45, 2.75) is 174 Å². The number of hydrogen-bond donors (Lipinski definition) is 1. The van der Waals surface area contributed by atoms with Crippen LogP contribution in [0, 0.1) is 28.6 Å². The second-order valence-corrected chi connectivity index (χ2v) is 17.6. The fraction of sp³-hybridized carbons (Fsp3) is 0.809. The maximum absolute atomic E-state index is 13.3. The SMILES string of the molecule is CCCCC/C=C\CCOC(=O)CCCCC(=O)OCC(CO)(COC(=O)CCCCC(=O)OCC/C=C\CCCCC)COC(=O)CC12CC3CC(CC(C3)C1)C2. The van der Waals surface area contributed by atoms with E-state index in [-0.39, 0.29) is 68.8 Å². The number of aliphatic hydroxyl groups is 1. The lowest BCUT2D eigenvalue weighted by atomic mass is 9.49. The number of hydrogen-bond acceptors (Lipinski definition) is 11. The quantitative estimate of drug-likeness (QED) is 0.0292. The number of unbranched alkanes of at least 4 members (excludes halogenated alkanes) is 8. The monoisotopic (exact) mass is 817 g/mol. The zero-order valence-corrected chi connectivity index (χ0v) is 36.0. The molecule has 0 heterocycles. The zero-order chi connectivity index (χ0) is 41.9. The molecule has 0 aromatic rings. The van der Waals surface area contributed by atoms with Gasteiger partial charge in [-0.25, -0.2) is 0 Å². The number of rotatable bonds is 33. The third-order valence-electron chi connectivity index (χ3n) is 12.0. The van der Waals surface area contributed by atoms with Crippen LogP contribution < -0.4 is 0 Å². The normalized spacial score (nSPS) is 21.1. The fourth-order valence-corrected chi connectivity index (χ4v) is 9.17. The van der Waals surface area contributed by atoms with E-state index < -0.39 is 24.0 Å². The number of allylic oxidation sites excluding steroid dienone is 2. The molecule has 1 N–H and O–H groups in total. The molecular formula is C47H76O11. The molecule has 0 radical (unpaired) electrons. The second-order valence-electron chi connectivity index (χ2n) is 17.6. The standard InChI is InChI=1S/C47H76O11/c1-3-5-7-9-11-13-19-25-54-41(49)21-15-17-23-43(51)56-35-47(34-48,37-58-45(53)33-46-30-38-27-39(31-46)29-40(28-38)32-46)36-57-44(52)24-18-16-22-42(50)55-26-20-14-12-10-8-6-4-2/h11-14,38-40,48H,3-10,15-37H2,1-2H3/b13-11-,14-12-. The third kappa shape index (κ3) is 20.2. The van der Waals surface area contributed by atoms with E-state index in [4.69, 9.17) is 23.7 Å². The van der Waals surface area contributed by atoms with Gasteiger partial charge in [-0.1, -0.05) is 63.8 Å². The fourth-order valence-electron chi connectivity index (χ4n) is 9.17. The van der Waals surface area contributed by atoms with E-state index in [1.165, 1.54) is 57.8 Å². The van der Waals surface area contributed by atoms with Gasteiger partial charge >= 0.3 is 29.8 Å². The minimum atomic E-state index is -1.34.